The van der Waals surface area contributed by atoms with Gasteiger partial charge >= 0.3 is 5.97 Å². The highest BCUT2D eigenvalue weighted by molar-refractivity contribution is 5.88. The molecule has 6 nitrogen and oxygen atoms in total. The molecular formula is C16H22N4O2. The lowest BCUT2D eigenvalue weighted by molar-refractivity contribution is 0.0591. The highest BCUT2D eigenvalue weighted by atomic mass is 16.5. The van der Waals surface area contributed by atoms with Crippen LogP contribution >= 0.6 is 0 Å². The van der Waals surface area contributed by atoms with Crippen LogP contribution in [0.3, 0.4) is 0 Å². The lowest BCUT2D eigenvalue weighted by Gasteiger charge is -2.30. The number of hydrogen-bond donors (Lipinski definition) is 0. The van der Waals surface area contributed by atoms with E-state index in [4.69, 9.17) is 4.74 Å². The molecule has 6 heteroatoms. The maximum atomic E-state index is 11.8. The summed E-state index contributed by atoms with van der Waals surface area (Å²) < 4.78 is 6.38. The zero-order valence-corrected chi connectivity index (χ0v) is 13.2. The minimum absolute atomic E-state index is 0.390. The molecule has 2 aromatic heterocycles. The van der Waals surface area contributed by atoms with E-state index in [9.17, 15) is 4.79 Å². The molecule has 0 atom stereocenters. The number of fused-ring (bicyclic) bond motifs is 1. The summed E-state index contributed by atoms with van der Waals surface area (Å²) in [5.74, 6) is 1.05. The van der Waals surface area contributed by atoms with Gasteiger partial charge in [-0.3, -0.25) is 0 Å². The molecule has 3 rings (SSSR count). The van der Waals surface area contributed by atoms with Gasteiger partial charge in [0, 0.05) is 6.42 Å². The minimum atomic E-state index is -0.390. The first-order valence-electron chi connectivity index (χ1n) is 7.86. The molecule has 1 aliphatic rings. The molecule has 0 aromatic carbocycles. The third-order valence-electron chi connectivity index (χ3n) is 4.42. The van der Waals surface area contributed by atoms with Crippen molar-refractivity contribution in [2.75, 3.05) is 26.7 Å². The normalized spacial score (nSPS) is 17.0. The third kappa shape index (κ3) is 2.97. The van der Waals surface area contributed by atoms with E-state index in [-0.39, 0.29) is 0 Å². The predicted octanol–water partition coefficient (Wildman–Crippen LogP) is 1.79. The largest absolute Gasteiger partial charge is 0.464 e. The molecule has 0 amide bonds. The Kier molecular flexibility index (Phi) is 4.38. The summed E-state index contributed by atoms with van der Waals surface area (Å²) in [6, 6.07) is 5.37. The van der Waals surface area contributed by atoms with Crippen molar-refractivity contribution >= 4 is 11.6 Å². The first-order chi connectivity index (χ1) is 10.7. The maximum Gasteiger partial charge on any atom is 0.356 e. The fourth-order valence-corrected chi connectivity index (χ4v) is 3.06. The number of ether oxygens (including phenoxy) is 1. The molecule has 2 aromatic rings. The lowest BCUT2D eigenvalue weighted by Crippen LogP contribution is -2.34. The number of rotatable bonds is 4. The van der Waals surface area contributed by atoms with E-state index in [2.05, 4.69) is 21.9 Å². The first kappa shape index (κ1) is 15.0. The van der Waals surface area contributed by atoms with Crippen LogP contribution in [0.2, 0.25) is 0 Å². The Bertz CT molecular complexity index is 659. The van der Waals surface area contributed by atoms with Crippen LogP contribution in [0.25, 0.3) is 5.65 Å². The second kappa shape index (κ2) is 6.44. The molecular weight excluding hydrogens is 280 g/mol. The standard InChI is InChI=1S/C16H22N4O2/c1-3-19-9-7-12(8-10-19)11-14-17-15-6-4-5-13(16(21)22-2)20(15)18-14/h4-6,12H,3,7-11H2,1-2H3. The van der Waals surface area contributed by atoms with E-state index in [1.54, 1.807) is 16.6 Å². The molecule has 1 saturated heterocycles. The molecule has 1 fully saturated rings. The van der Waals surface area contributed by atoms with Crippen molar-refractivity contribution in [3.8, 4) is 0 Å². The van der Waals surface area contributed by atoms with Crippen LogP contribution in [0.1, 0.15) is 36.1 Å². The van der Waals surface area contributed by atoms with E-state index in [0.29, 0.717) is 17.3 Å². The van der Waals surface area contributed by atoms with E-state index >= 15 is 0 Å². The Balaban J connectivity index is 1.77. The molecule has 0 bridgehead atoms. The second-order valence-electron chi connectivity index (χ2n) is 5.78. The van der Waals surface area contributed by atoms with Crippen LogP contribution in [0, 0.1) is 5.92 Å². The molecule has 0 saturated carbocycles. The van der Waals surface area contributed by atoms with Gasteiger partial charge in [-0.25, -0.2) is 14.3 Å². The van der Waals surface area contributed by atoms with Crippen LogP contribution in [-0.4, -0.2) is 52.2 Å². The van der Waals surface area contributed by atoms with Gasteiger partial charge in [0.1, 0.15) is 0 Å². The van der Waals surface area contributed by atoms with Crippen molar-refractivity contribution in [3.63, 3.8) is 0 Å². The van der Waals surface area contributed by atoms with Gasteiger partial charge in [0.15, 0.2) is 17.2 Å². The van der Waals surface area contributed by atoms with Crippen molar-refractivity contribution in [2.24, 2.45) is 5.92 Å². The number of esters is 1. The summed E-state index contributed by atoms with van der Waals surface area (Å²) in [6.45, 7) is 5.64. The Labute approximate surface area is 130 Å². The van der Waals surface area contributed by atoms with Gasteiger partial charge in [-0.1, -0.05) is 13.0 Å². The molecule has 0 radical (unpaired) electrons. The lowest BCUT2D eigenvalue weighted by atomic mass is 9.93. The Morgan fingerprint density at radius 1 is 1.36 bits per heavy atom. The van der Waals surface area contributed by atoms with Gasteiger partial charge in [-0.15, -0.1) is 0 Å². The number of aromatic nitrogens is 3. The van der Waals surface area contributed by atoms with Crippen molar-refractivity contribution in [2.45, 2.75) is 26.2 Å². The van der Waals surface area contributed by atoms with Crippen LogP contribution in [-0.2, 0) is 11.2 Å². The summed E-state index contributed by atoms with van der Waals surface area (Å²) in [5.41, 5.74) is 1.11. The van der Waals surface area contributed by atoms with Crippen molar-refractivity contribution in [3.05, 3.63) is 29.7 Å². The predicted molar refractivity (Wildman–Crippen MR) is 82.9 cm³/mol. The average Bonchev–Trinajstić information content (AvgIpc) is 2.97. The SMILES string of the molecule is CCN1CCC(Cc2nc3cccc(C(=O)OC)n3n2)CC1. The van der Waals surface area contributed by atoms with Crippen molar-refractivity contribution < 1.29 is 9.53 Å². The zero-order valence-electron chi connectivity index (χ0n) is 13.2. The number of carbonyl (C=O) groups excluding carboxylic acids is 1. The average molecular weight is 302 g/mol. The van der Waals surface area contributed by atoms with E-state index < -0.39 is 5.97 Å². The second-order valence-corrected chi connectivity index (χ2v) is 5.78. The Morgan fingerprint density at radius 3 is 2.82 bits per heavy atom. The summed E-state index contributed by atoms with van der Waals surface area (Å²) >= 11 is 0. The van der Waals surface area contributed by atoms with Gasteiger partial charge < -0.3 is 9.64 Å². The van der Waals surface area contributed by atoms with Crippen LogP contribution in [0.5, 0.6) is 0 Å². The molecule has 1 aliphatic heterocycles. The zero-order chi connectivity index (χ0) is 15.5. The number of piperidine rings is 1. The highest BCUT2D eigenvalue weighted by Gasteiger charge is 2.21. The van der Waals surface area contributed by atoms with Gasteiger partial charge in [0.25, 0.3) is 0 Å². The van der Waals surface area contributed by atoms with E-state index in [1.807, 2.05) is 6.07 Å². The number of nitrogens with zero attached hydrogens (tertiary/aromatic N) is 4. The van der Waals surface area contributed by atoms with Crippen molar-refractivity contribution in [1.82, 2.24) is 19.5 Å². The number of likely N-dealkylation sites (tertiary alicyclic amines) is 1. The van der Waals surface area contributed by atoms with Crippen molar-refractivity contribution in [1.29, 1.82) is 0 Å². The summed E-state index contributed by atoms with van der Waals surface area (Å²) in [4.78, 5) is 18.8. The third-order valence-corrected chi connectivity index (χ3v) is 4.42. The van der Waals surface area contributed by atoms with Crippen LogP contribution < -0.4 is 0 Å². The van der Waals surface area contributed by atoms with E-state index in [1.165, 1.54) is 20.0 Å². The van der Waals surface area contributed by atoms with Gasteiger partial charge in [-0.05, 0) is 50.5 Å². The van der Waals surface area contributed by atoms with Gasteiger partial charge in [-0.2, -0.15) is 5.10 Å². The molecule has 0 unspecified atom stereocenters. The monoisotopic (exact) mass is 302 g/mol. The molecule has 0 N–H and O–H groups in total. The summed E-state index contributed by atoms with van der Waals surface area (Å²) in [5, 5.41) is 4.51. The molecule has 0 spiro atoms. The van der Waals surface area contributed by atoms with Gasteiger partial charge in [0.2, 0.25) is 0 Å². The summed E-state index contributed by atoms with van der Waals surface area (Å²) in [6.07, 6.45) is 3.25. The van der Waals surface area contributed by atoms with Crippen LogP contribution in [0.4, 0.5) is 0 Å². The molecule has 22 heavy (non-hydrogen) atoms. The minimum Gasteiger partial charge on any atom is -0.464 e. The number of hydrogen-bond acceptors (Lipinski definition) is 5. The molecule has 118 valence electrons. The van der Waals surface area contributed by atoms with Crippen LogP contribution in [0.15, 0.2) is 18.2 Å². The highest BCUT2D eigenvalue weighted by Crippen LogP contribution is 2.20. The first-order valence-corrected chi connectivity index (χ1v) is 7.86. The molecule has 3 heterocycles. The fourth-order valence-electron chi connectivity index (χ4n) is 3.06. The fraction of sp³-hybridized carbons (Fsp3) is 0.562. The van der Waals surface area contributed by atoms with E-state index in [0.717, 1.165) is 31.9 Å². The topological polar surface area (TPSA) is 59.7 Å². The Morgan fingerprint density at radius 2 is 2.14 bits per heavy atom. The van der Waals surface area contributed by atoms with Gasteiger partial charge in [0.05, 0.1) is 7.11 Å². The smallest absolute Gasteiger partial charge is 0.356 e. The number of methoxy groups -OCH3 is 1. The quantitative estimate of drug-likeness (QED) is 0.806. The maximum absolute atomic E-state index is 11.8. The summed E-state index contributed by atoms with van der Waals surface area (Å²) in [7, 11) is 1.38. The molecule has 0 aliphatic carbocycles. The number of carbonyl (C=O) groups is 1. The number of pyridine rings is 1. The Hall–Kier alpha value is -1.95.